The molecule has 7 heteroatoms. The van der Waals surface area contributed by atoms with Gasteiger partial charge in [-0.25, -0.2) is 4.39 Å². The standard InChI is InChI=1S/C21H20FNO4S/c1-26-12-2-11-23-20(24)19(28-21(23)25)13-15-5-9-18(10-6-15)27-14-16-3-7-17(22)8-4-16/h3-10,13H,2,11-12,14H2,1H3/b19-13+. The fourth-order valence-electron chi connectivity index (χ4n) is 2.62. The van der Waals surface area contributed by atoms with Crippen LogP contribution in [0.4, 0.5) is 9.18 Å². The van der Waals surface area contributed by atoms with Crippen LogP contribution in [0.1, 0.15) is 17.5 Å². The van der Waals surface area contributed by atoms with E-state index in [-0.39, 0.29) is 17.0 Å². The van der Waals surface area contributed by atoms with Crippen LogP contribution in [0.25, 0.3) is 6.08 Å². The Hall–Kier alpha value is -2.64. The predicted octanol–water partition coefficient (Wildman–Crippen LogP) is 4.48. The third kappa shape index (κ3) is 5.21. The number of imide groups is 1. The van der Waals surface area contributed by atoms with Crippen LogP contribution in [0, 0.1) is 5.82 Å². The molecule has 0 spiro atoms. The van der Waals surface area contributed by atoms with E-state index in [1.807, 2.05) is 12.1 Å². The lowest BCUT2D eigenvalue weighted by atomic mass is 10.2. The molecule has 3 rings (SSSR count). The highest BCUT2D eigenvalue weighted by atomic mass is 32.2. The normalized spacial score (nSPS) is 15.5. The minimum absolute atomic E-state index is 0.258. The van der Waals surface area contributed by atoms with Gasteiger partial charge in [-0.2, -0.15) is 0 Å². The Kier molecular flexibility index (Phi) is 6.84. The number of hydrogen-bond donors (Lipinski definition) is 0. The Morgan fingerprint density at radius 1 is 1.07 bits per heavy atom. The van der Waals surface area contributed by atoms with Crippen LogP contribution >= 0.6 is 11.8 Å². The van der Waals surface area contributed by atoms with E-state index in [4.69, 9.17) is 9.47 Å². The lowest BCUT2D eigenvalue weighted by molar-refractivity contribution is -0.122. The maximum Gasteiger partial charge on any atom is 0.293 e. The van der Waals surface area contributed by atoms with Crippen LogP contribution in [0.3, 0.4) is 0 Å². The van der Waals surface area contributed by atoms with E-state index in [0.717, 1.165) is 22.9 Å². The van der Waals surface area contributed by atoms with Gasteiger partial charge in [-0.3, -0.25) is 14.5 Å². The molecule has 0 aliphatic carbocycles. The van der Waals surface area contributed by atoms with Crippen molar-refractivity contribution in [1.29, 1.82) is 0 Å². The molecular weight excluding hydrogens is 381 g/mol. The van der Waals surface area contributed by atoms with Crippen molar-refractivity contribution in [2.75, 3.05) is 20.3 Å². The number of carbonyl (C=O) groups is 2. The number of hydrogen-bond acceptors (Lipinski definition) is 5. The Labute approximate surface area is 167 Å². The number of nitrogens with zero attached hydrogens (tertiary/aromatic N) is 1. The molecular formula is C21H20FNO4S. The molecule has 2 amide bonds. The monoisotopic (exact) mass is 401 g/mol. The Morgan fingerprint density at radius 2 is 1.79 bits per heavy atom. The van der Waals surface area contributed by atoms with Crippen molar-refractivity contribution in [3.05, 3.63) is 70.4 Å². The molecule has 1 aliphatic rings. The molecule has 1 heterocycles. The summed E-state index contributed by atoms with van der Waals surface area (Å²) in [5.41, 5.74) is 1.67. The molecule has 0 bridgehead atoms. The van der Waals surface area contributed by atoms with Gasteiger partial charge >= 0.3 is 0 Å². The summed E-state index contributed by atoms with van der Waals surface area (Å²) in [6, 6.07) is 13.3. The van der Waals surface area contributed by atoms with E-state index in [1.165, 1.54) is 17.0 Å². The predicted molar refractivity (Wildman–Crippen MR) is 106 cm³/mol. The van der Waals surface area contributed by atoms with Crippen molar-refractivity contribution in [1.82, 2.24) is 4.90 Å². The number of halogens is 1. The topological polar surface area (TPSA) is 55.8 Å². The first-order valence-corrected chi connectivity index (χ1v) is 9.60. The third-order valence-corrected chi connectivity index (χ3v) is 5.01. The summed E-state index contributed by atoms with van der Waals surface area (Å²) in [6.45, 7) is 1.19. The molecule has 1 saturated heterocycles. The minimum Gasteiger partial charge on any atom is -0.489 e. The Balaban J connectivity index is 1.59. The Morgan fingerprint density at radius 3 is 2.46 bits per heavy atom. The molecule has 1 aliphatic heterocycles. The molecule has 2 aromatic carbocycles. The molecule has 0 saturated carbocycles. The second-order valence-corrected chi connectivity index (χ2v) is 7.16. The van der Waals surface area contributed by atoms with Crippen molar-refractivity contribution >= 4 is 29.0 Å². The van der Waals surface area contributed by atoms with E-state index in [1.54, 1.807) is 37.5 Å². The molecule has 0 atom stereocenters. The molecule has 146 valence electrons. The second-order valence-electron chi connectivity index (χ2n) is 6.16. The zero-order chi connectivity index (χ0) is 19.9. The summed E-state index contributed by atoms with van der Waals surface area (Å²) in [5.74, 6) is 0.105. The first-order chi connectivity index (χ1) is 13.6. The van der Waals surface area contributed by atoms with Crippen molar-refractivity contribution in [3.8, 4) is 5.75 Å². The van der Waals surface area contributed by atoms with E-state index >= 15 is 0 Å². The minimum atomic E-state index is -0.281. The summed E-state index contributed by atoms with van der Waals surface area (Å²) in [6.07, 6.45) is 2.31. The van der Waals surface area contributed by atoms with Crippen LogP contribution in [-0.4, -0.2) is 36.3 Å². The molecule has 0 N–H and O–H groups in total. The van der Waals surface area contributed by atoms with Crippen LogP contribution in [0.2, 0.25) is 0 Å². The second kappa shape index (κ2) is 9.52. The summed E-state index contributed by atoms with van der Waals surface area (Å²) in [4.78, 5) is 26.1. The van der Waals surface area contributed by atoms with Crippen molar-refractivity contribution < 1.29 is 23.5 Å². The van der Waals surface area contributed by atoms with Crippen molar-refractivity contribution in [2.24, 2.45) is 0 Å². The zero-order valence-electron chi connectivity index (χ0n) is 15.4. The highest BCUT2D eigenvalue weighted by Crippen LogP contribution is 2.32. The van der Waals surface area contributed by atoms with Gasteiger partial charge in [0.15, 0.2) is 0 Å². The highest BCUT2D eigenvalue weighted by molar-refractivity contribution is 8.18. The number of ether oxygens (including phenoxy) is 2. The van der Waals surface area contributed by atoms with E-state index in [9.17, 15) is 14.0 Å². The fourth-order valence-corrected chi connectivity index (χ4v) is 3.48. The summed E-state index contributed by atoms with van der Waals surface area (Å²) < 4.78 is 23.6. The molecule has 2 aromatic rings. The van der Waals surface area contributed by atoms with Crippen molar-refractivity contribution in [3.63, 3.8) is 0 Å². The van der Waals surface area contributed by atoms with Gasteiger partial charge in [-0.05, 0) is 59.7 Å². The summed E-state index contributed by atoms with van der Waals surface area (Å²) in [5, 5.41) is -0.258. The van der Waals surface area contributed by atoms with E-state index < -0.39 is 0 Å². The van der Waals surface area contributed by atoms with Crippen LogP contribution in [0.15, 0.2) is 53.4 Å². The molecule has 0 radical (unpaired) electrons. The first-order valence-electron chi connectivity index (χ1n) is 8.78. The third-order valence-electron chi connectivity index (χ3n) is 4.10. The molecule has 5 nitrogen and oxygen atoms in total. The number of rotatable bonds is 8. The van der Waals surface area contributed by atoms with E-state index in [2.05, 4.69) is 0 Å². The number of carbonyl (C=O) groups excluding carboxylic acids is 2. The SMILES string of the molecule is COCCCN1C(=O)S/C(=C/c2ccc(OCc3ccc(F)cc3)cc2)C1=O. The lowest BCUT2D eigenvalue weighted by Gasteiger charge is -2.11. The number of amides is 2. The maximum atomic E-state index is 12.9. The van der Waals surface area contributed by atoms with Gasteiger partial charge in [0.05, 0.1) is 4.91 Å². The zero-order valence-corrected chi connectivity index (χ0v) is 16.2. The lowest BCUT2D eigenvalue weighted by Crippen LogP contribution is -2.29. The first kappa shape index (κ1) is 20.1. The summed E-state index contributed by atoms with van der Waals surface area (Å²) >= 11 is 0.943. The molecule has 1 fully saturated rings. The molecule has 0 unspecified atom stereocenters. The van der Waals surface area contributed by atoms with Crippen molar-refractivity contribution in [2.45, 2.75) is 13.0 Å². The Bertz CT molecular complexity index is 865. The van der Waals surface area contributed by atoms with Crippen LogP contribution in [0.5, 0.6) is 5.75 Å². The quantitative estimate of drug-likeness (QED) is 0.482. The van der Waals surface area contributed by atoms with Crippen LogP contribution < -0.4 is 4.74 Å². The smallest absolute Gasteiger partial charge is 0.293 e. The van der Waals surface area contributed by atoms with Gasteiger partial charge in [0.1, 0.15) is 18.2 Å². The van der Waals surface area contributed by atoms with Gasteiger partial charge in [-0.1, -0.05) is 24.3 Å². The average Bonchev–Trinajstić information content (AvgIpc) is 2.96. The highest BCUT2D eigenvalue weighted by Gasteiger charge is 2.34. The number of benzene rings is 2. The van der Waals surface area contributed by atoms with E-state index in [0.29, 0.717) is 36.8 Å². The average molecular weight is 401 g/mol. The largest absolute Gasteiger partial charge is 0.489 e. The molecule has 28 heavy (non-hydrogen) atoms. The maximum absolute atomic E-state index is 12.9. The number of thioether (sulfide) groups is 1. The van der Waals surface area contributed by atoms with Gasteiger partial charge in [-0.15, -0.1) is 0 Å². The van der Waals surface area contributed by atoms with Gasteiger partial charge < -0.3 is 9.47 Å². The fraction of sp³-hybridized carbons (Fsp3) is 0.238. The molecule has 0 aromatic heterocycles. The van der Waals surface area contributed by atoms with Gasteiger partial charge in [0.2, 0.25) is 0 Å². The van der Waals surface area contributed by atoms with Crippen LogP contribution in [-0.2, 0) is 16.1 Å². The van der Waals surface area contributed by atoms with Gasteiger partial charge in [0, 0.05) is 20.3 Å². The van der Waals surface area contributed by atoms with Gasteiger partial charge in [0.25, 0.3) is 11.1 Å². The summed E-state index contributed by atoms with van der Waals surface area (Å²) in [7, 11) is 1.58. The number of methoxy groups -OCH3 is 1.